The Bertz CT molecular complexity index is 2240. The first-order valence-corrected chi connectivity index (χ1v) is 20.2. The van der Waals surface area contributed by atoms with Crippen LogP contribution in [0.4, 0.5) is 0 Å². The number of nitrogens with zero attached hydrogens (tertiary/aromatic N) is 2. The lowest BCUT2D eigenvalue weighted by atomic mass is 9.41. The summed E-state index contributed by atoms with van der Waals surface area (Å²) in [4.78, 5) is 11.1. The zero-order valence-corrected chi connectivity index (χ0v) is 31.3. The fraction of sp³-hybridized carbons (Fsp3) is 0.277. The van der Waals surface area contributed by atoms with Crippen molar-refractivity contribution in [1.82, 2.24) is 9.97 Å². The Morgan fingerprint density at radius 3 is 1.59 bits per heavy atom. The van der Waals surface area contributed by atoms with Crippen molar-refractivity contribution in [3.63, 3.8) is 0 Å². The minimum Gasteiger partial charge on any atom is -0.251 e. The van der Waals surface area contributed by atoms with Gasteiger partial charge in [0, 0.05) is 16.7 Å². The number of aromatic nitrogens is 2. The number of pyridine rings is 2. The molecule has 0 aliphatic heterocycles. The lowest BCUT2D eigenvalue weighted by molar-refractivity contribution is -0.109. The number of benzene rings is 4. The molecule has 2 nitrogen and oxygen atoms in total. The summed E-state index contributed by atoms with van der Waals surface area (Å²) in [6.45, 7) is 0. The highest BCUT2D eigenvalue weighted by Crippen LogP contribution is 2.71. The Hall–Kier alpha value is -3.96. The predicted molar refractivity (Wildman–Crippen MR) is 219 cm³/mol. The average molecular weight is 699 g/mol. The van der Waals surface area contributed by atoms with Gasteiger partial charge in [-0.05, 0) is 119 Å². The van der Waals surface area contributed by atoms with Gasteiger partial charge in [-0.15, -0.1) is 18.5 Å². The van der Waals surface area contributed by atoms with E-state index in [-0.39, 0.29) is 11.3 Å². The molecule has 3 atom stereocenters. The Morgan fingerprint density at radius 2 is 1.06 bits per heavy atom. The van der Waals surface area contributed by atoms with Gasteiger partial charge in [-0.2, -0.15) is 0 Å². The second kappa shape index (κ2) is 12.3. The van der Waals surface area contributed by atoms with Gasteiger partial charge in [-0.1, -0.05) is 115 Å². The van der Waals surface area contributed by atoms with E-state index in [9.17, 15) is 0 Å². The SMILES string of the molecule is PCC1(C2C(C(P)(c3ccc4ccccc4n3)c3ccc4ccccc4n3)=CC(c3ccccc3)=C2c2ccccc2)C2CC3CC(C2)CC1C3. The molecule has 0 amide bonds. The van der Waals surface area contributed by atoms with Crippen LogP contribution in [0.15, 0.2) is 145 Å². The molecule has 2 heterocycles. The molecule has 4 bridgehead atoms. The maximum absolute atomic E-state index is 5.54. The van der Waals surface area contributed by atoms with Gasteiger partial charge >= 0.3 is 0 Å². The average Bonchev–Trinajstić information content (AvgIpc) is 3.59. The molecule has 51 heavy (non-hydrogen) atoms. The van der Waals surface area contributed by atoms with Crippen LogP contribution in [-0.4, -0.2) is 16.1 Å². The first-order chi connectivity index (χ1) is 25.1. The third-order valence-corrected chi connectivity index (χ3v) is 15.0. The molecule has 6 aromatic rings. The van der Waals surface area contributed by atoms with Crippen molar-refractivity contribution in [2.45, 2.75) is 37.3 Å². The van der Waals surface area contributed by atoms with Crippen LogP contribution in [0.2, 0.25) is 0 Å². The molecule has 2 aromatic heterocycles. The first-order valence-electron chi connectivity index (χ1n) is 18.8. The molecule has 0 spiro atoms. The zero-order valence-electron chi connectivity index (χ0n) is 29.0. The summed E-state index contributed by atoms with van der Waals surface area (Å²) in [5.74, 6) is 3.35. The monoisotopic (exact) mass is 698 g/mol. The molecular formula is C47H44N2P2. The van der Waals surface area contributed by atoms with Crippen molar-refractivity contribution in [3.05, 3.63) is 168 Å². The number of allylic oxidation sites excluding steroid dienone is 4. The fourth-order valence-corrected chi connectivity index (χ4v) is 12.8. The van der Waals surface area contributed by atoms with Gasteiger partial charge in [0.25, 0.3) is 0 Å². The smallest absolute Gasteiger partial charge is 0.0903 e. The molecule has 0 N–H and O–H groups in total. The Kier molecular flexibility index (Phi) is 7.67. The van der Waals surface area contributed by atoms with Gasteiger partial charge in [0.15, 0.2) is 0 Å². The van der Waals surface area contributed by atoms with Crippen molar-refractivity contribution >= 4 is 51.4 Å². The van der Waals surface area contributed by atoms with Crippen LogP contribution in [0.1, 0.15) is 54.6 Å². The molecular weight excluding hydrogens is 654 g/mol. The van der Waals surface area contributed by atoms with Crippen LogP contribution in [0, 0.1) is 35.0 Å². The molecule has 4 heteroatoms. The first kappa shape index (κ1) is 31.7. The second-order valence-electron chi connectivity index (χ2n) is 15.8. The van der Waals surface area contributed by atoms with E-state index < -0.39 is 5.16 Å². The van der Waals surface area contributed by atoms with Crippen molar-refractivity contribution in [2.75, 3.05) is 6.16 Å². The highest BCUT2D eigenvalue weighted by molar-refractivity contribution is 7.19. The summed E-state index contributed by atoms with van der Waals surface area (Å²) in [6.07, 6.45) is 10.6. The highest BCUT2D eigenvalue weighted by Gasteiger charge is 2.63. The van der Waals surface area contributed by atoms with Gasteiger partial charge in [-0.25, -0.2) is 0 Å². The standard InChI is InChI=1S/C47H44N2P2/c50-29-46(36-24-30-23-31(26-36)27-37(46)25-30)45-39(28-38(32-11-3-1-4-12-32)44(45)35-15-5-2-6-16-35)47(51,42-21-19-33-13-7-9-17-40(33)48-42)43-22-20-34-14-8-10-18-41(34)49-43/h1-22,28,30-31,36-37,45H,23-27,29,50-51H2. The molecule has 4 saturated carbocycles. The van der Waals surface area contributed by atoms with E-state index in [1.165, 1.54) is 60.0 Å². The number of para-hydroxylation sites is 2. The second-order valence-corrected chi connectivity index (χ2v) is 17.1. The summed E-state index contributed by atoms with van der Waals surface area (Å²) in [7, 11) is 6.75. The fourth-order valence-electron chi connectivity index (χ4n) is 11.3. The number of rotatable bonds is 7. The molecule has 4 fully saturated rings. The summed E-state index contributed by atoms with van der Waals surface area (Å²) in [6, 6.07) is 48.7. The van der Waals surface area contributed by atoms with Crippen LogP contribution >= 0.6 is 18.5 Å². The normalized spacial score (nSPS) is 27.0. The van der Waals surface area contributed by atoms with Gasteiger partial charge in [-0.3, -0.25) is 9.97 Å². The van der Waals surface area contributed by atoms with Crippen molar-refractivity contribution in [2.24, 2.45) is 35.0 Å². The van der Waals surface area contributed by atoms with Gasteiger partial charge in [0.2, 0.25) is 0 Å². The van der Waals surface area contributed by atoms with Crippen LogP contribution in [0.25, 0.3) is 33.0 Å². The number of hydrogen-bond donors (Lipinski definition) is 0. The maximum Gasteiger partial charge on any atom is 0.0903 e. The summed E-state index contributed by atoms with van der Waals surface area (Å²) < 4.78 is 0. The van der Waals surface area contributed by atoms with E-state index in [1.54, 1.807) is 0 Å². The molecule has 3 unspecified atom stereocenters. The highest BCUT2D eigenvalue weighted by atomic mass is 31.0. The van der Waals surface area contributed by atoms with E-state index in [1.807, 2.05) is 0 Å². The Labute approximate surface area is 306 Å². The third-order valence-electron chi connectivity index (χ3n) is 13.4. The van der Waals surface area contributed by atoms with Crippen molar-refractivity contribution < 1.29 is 0 Å². The van der Waals surface area contributed by atoms with E-state index in [4.69, 9.17) is 9.97 Å². The van der Waals surface area contributed by atoms with E-state index in [0.717, 1.165) is 51.2 Å². The van der Waals surface area contributed by atoms with Crippen molar-refractivity contribution in [3.8, 4) is 0 Å². The zero-order chi connectivity index (χ0) is 34.2. The minimum atomic E-state index is -0.670. The van der Waals surface area contributed by atoms with Crippen LogP contribution in [-0.2, 0) is 5.16 Å². The third kappa shape index (κ3) is 4.90. The Balaban J connectivity index is 1.30. The van der Waals surface area contributed by atoms with Crippen LogP contribution in [0.3, 0.4) is 0 Å². The summed E-state index contributed by atoms with van der Waals surface area (Å²) >= 11 is 0. The van der Waals surface area contributed by atoms with E-state index in [2.05, 4.69) is 158 Å². The molecule has 4 aromatic carbocycles. The van der Waals surface area contributed by atoms with Crippen LogP contribution < -0.4 is 0 Å². The lowest BCUT2D eigenvalue weighted by Gasteiger charge is -2.64. The molecule has 0 radical (unpaired) electrons. The molecule has 5 aliphatic carbocycles. The topological polar surface area (TPSA) is 25.8 Å². The van der Waals surface area contributed by atoms with Gasteiger partial charge in [0.05, 0.1) is 27.6 Å². The van der Waals surface area contributed by atoms with Gasteiger partial charge < -0.3 is 0 Å². The van der Waals surface area contributed by atoms with Gasteiger partial charge in [0.1, 0.15) is 0 Å². The quantitative estimate of drug-likeness (QED) is 0.155. The number of hydrogen-bond acceptors (Lipinski definition) is 2. The van der Waals surface area contributed by atoms with Crippen molar-refractivity contribution in [1.29, 1.82) is 0 Å². The summed E-state index contributed by atoms with van der Waals surface area (Å²) in [5, 5.41) is 1.65. The summed E-state index contributed by atoms with van der Waals surface area (Å²) in [5.41, 5.74) is 11.1. The number of fused-ring (bicyclic) bond motifs is 2. The molecule has 11 rings (SSSR count). The lowest BCUT2D eigenvalue weighted by Crippen LogP contribution is -2.58. The van der Waals surface area contributed by atoms with E-state index in [0.29, 0.717) is 11.8 Å². The minimum absolute atomic E-state index is 0.112. The van der Waals surface area contributed by atoms with E-state index >= 15 is 0 Å². The molecule has 252 valence electrons. The predicted octanol–water partition coefficient (Wildman–Crippen LogP) is 11.4. The largest absolute Gasteiger partial charge is 0.251 e. The Morgan fingerprint density at radius 1 is 0.569 bits per heavy atom. The molecule has 0 saturated heterocycles. The maximum atomic E-state index is 5.54. The van der Waals surface area contributed by atoms with Crippen LogP contribution in [0.5, 0.6) is 0 Å². The molecule has 5 aliphatic rings.